The van der Waals surface area contributed by atoms with Crippen molar-refractivity contribution in [2.24, 2.45) is 5.92 Å². The first kappa shape index (κ1) is 14.7. The van der Waals surface area contributed by atoms with Gasteiger partial charge >= 0.3 is 0 Å². The Bertz CT molecular complexity index is 756. The lowest BCUT2D eigenvalue weighted by molar-refractivity contribution is 0.264. The van der Waals surface area contributed by atoms with E-state index in [0.29, 0.717) is 5.92 Å². The van der Waals surface area contributed by atoms with Gasteiger partial charge in [-0.05, 0) is 78.6 Å². The molecule has 0 heterocycles. The first-order valence-corrected chi connectivity index (χ1v) is 8.69. The molecule has 0 radical (unpaired) electrons. The zero-order valence-electron chi connectivity index (χ0n) is 14.2. The molecular weight excluding hydrogens is 278 g/mol. The van der Waals surface area contributed by atoms with E-state index in [1.807, 2.05) is 0 Å². The first-order chi connectivity index (χ1) is 11.1. The van der Waals surface area contributed by atoms with E-state index in [0.717, 1.165) is 12.3 Å². The van der Waals surface area contributed by atoms with E-state index in [4.69, 9.17) is 0 Å². The van der Waals surface area contributed by atoms with Gasteiger partial charge in [0.2, 0.25) is 0 Å². The second-order valence-electron chi connectivity index (χ2n) is 7.39. The van der Waals surface area contributed by atoms with Gasteiger partial charge in [-0.3, -0.25) is 0 Å². The molecule has 2 aromatic carbocycles. The summed E-state index contributed by atoms with van der Waals surface area (Å²) in [6, 6.07) is 15.7. The third-order valence-electron chi connectivity index (χ3n) is 5.63. The number of rotatable bonds is 2. The van der Waals surface area contributed by atoms with Crippen LogP contribution in [0.1, 0.15) is 40.2 Å². The highest BCUT2D eigenvalue weighted by atomic mass is 15.1. The van der Waals surface area contributed by atoms with Crippen molar-refractivity contribution in [3.05, 3.63) is 76.9 Å². The van der Waals surface area contributed by atoms with Crippen molar-refractivity contribution >= 4 is 5.57 Å². The van der Waals surface area contributed by atoms with Crippen LogP contribution in [0.3, 0.4) is 0 Å². The van der Waals surface area contributed by atoms with Crippen molar-refractivity contribution in [1.82, 2.24) is 4.90 Å². The minimum atomic E-state index is 0.623. The lowest BCUT2D eigenvalue weighted by atomic mass is 9.71. The van der Waals surface area contributed by atoms with Gasteiger partial charge in [0.1, 0.15) is 0 Å². The van der Waals surface area contributed by atoms with Gasteiger partial charge in [0.05, 0.1) is 0 Å². The molecule has 0 amide bonds. The fourth-order valence-electron chi connectivity index (χ4n) is 4.64. The molecule has 2 aromatic rings. The third-order valence-corrected chi connectivity index (χ3v) is 5.63. The number of nitrogens with zero attached hydrogens (tertiary/aromatic N) is 1. The summed E-state index contributed by atoms with van der Waals surface area (Å²) in [6.07, 6.45) is 3.66. The Morgan fingerprint density at radius 3 is 2.57 bits per heavy atom. The molecule has 2 unspecified atom stereocenters. The van der Waals surface area contributed by atoms with E-state index < -0.39 is 0 Å². The molecule has 4 rings (SSSR count). The summed E-state index contributed by atoms with van der Waals surface area (Å²) in [7, 11) is 4.40. The fraction of sp³-hybridized carbons (Fsp3) is 0.364. The zero-order chi connectivity index (χ0) is 16.0. The van der Waals surface area contributed by atoms with Crippen LogP contribution in [-0.4, -0.2) is 25.5 Å². The molecule has 0 saturated carbocycles. The molecule has 0 bridgehead atoms. The van der Waals surface area contributed by atoms with Crippen molar-refractivity contribution < 1.29 is 0 Å². The van der Waals surface area contributed by atoms with Crippen LogP contribution in [0.2, 0.25) is 0 Å². The average Bonchev–Trinajstić information content (AvgIpc) is 2.67. The highest BCUT2D eigenvalue weighted by molar-refractivity contribution is 5.83. The predicted molar refractivity (Wildman–Crippen MR) is 97.8 cm³/mol. The number of hydrogen-bond donors (Lipinski definition) is 0. The molecule has 0 spiro atoms. The molecule has 2 aliphatic carbocycles. The van der Waals surface area contributed by atoms with Crippen molar-refractivity contribution in [3.8, 4) is 0 Å². The summed E-state index contributed by atoms with van der Waals surface area (Å²) in [5.41, 5.74) is 8.56. The molecule has 0 aliphatic heterocycles. The maximum atomic E-state index is 4.47. The molecule has 0 aromatic heterocycles. The standard InChI is InChI=1S/C22H25N/c1-15-19-9-5-4-7-17(19)13-21-18(14-23(2)3)12-11-16-8-6-10-20(15)22(16)21/h4-10,18,21H,1,11-14H2,2-3H3. The van der Waals surface area contributed by atoms with Gasteiger partial charge in [0.25, 0.3) is 0 Å². The summed E-state index contributed by atoms with van der Waals surface area (Å²) in [4.78, 5) is 2.35. The molecule has 1 nitrogen and oxygen atoms in total. The molecule has 0 fully saturated rings. The molecule has 1 heteroatoms. The van der Waals surface area contributed by atoms with Crippen LogP contribution >= 0.6 is 0 Å². The summed E-state index contributed by atoms with van der Waals surface area (Å²) >= 11 is 0. The van der Waals surface area contributed by atoms with Crippen LogP contribution < -0.4 is 0 Å². The largest absolute Gasteiger partial charge is 0.309 e. The van der Waals surface area contributed by atoms with E-state index in [1.165, 1.54) is 41.6 Å². The highest BCUT2D eigenvalue weighted by Gasteiger charge is 2.34. The summed E-state index contributed by atoms with van der Waals surface area (Å²) in [5, 5.41) is 0. The number of benzene rings is 2. The average molecular weight is 303 g/mol. The third kappa shape index (κ3) is 2.44. The second-order valence-corrected chi connectivity index (χ2v) is 7.39. The monoisotopic (exact) mass is 303 g/mol. The number of hydrogen-bond acceptors (Lipinski definition) is 1. The Balaban J connectivity index is 1.90. The SMILES string of the molecule is C=C1c2ccccc2CC2c3c(cccc31)CCC2CN(C)C. The first-order valence-electron chi connectivity index (χ1n) is 8.69. The zero-order valence-corrected chi connectivity index (χ0v) is 14.2. The van der Waals surface area contributed by atoms with Gasteiger partial charge < -0.3 is 4.90 Å². The lowest BCUT2D eigenvalue weighted by Crippen LogP contribution is -2.31. The van der Waals surface area contributed by atoms with E-state index in [2.05, 4.69) is 68.0 Å². The Kier molecular flexibility index (Phi) is 3.61. The summed E-state index contributed by atoms with van der Waals surface area (Å²) in [5.74, 6) is 1.36. The van der Waals surface area contributed by atoms with E-state index >= 15 is 0 Å². The van der Waals surface area contributed by atoms with Crippen LogP contribution in [0, 0.1) is 5.92 Å². The quantitative estimate of drug-likeness (QED) is 0.789. The van der Waals surface area contributed by atoms with Crippen molar-refractivity contribution in [3.63, 3.8) is 0 Å². The maximum absolute atomic E-state index is 4.47. The van der Waals surface area contributed by atoms with Crippen LogP contribution in [0.5, 0.6) is 0 Å². The minimum absolute atomic E-state index is 0.623. The smallest absolute Gasteiger partial charge is 0.000964 e. The second kappa shape index (κ2) is 5.65. The number of fused-ring (bicyclic) bond motifs is 1. The van der Waals surface area contributed by atoms with Gasteiger partial charge in [-0.1, -0.05) is 49.0 Å². The van der Waals surface area contributed by atoms with Crippen LogP contribution in [-0.2, 0) is 12.8 Å². The van der Waals surface area contributed by atoms with Gasteiger partial charge in [-0.25, -0.2) is 0 Å². The molecular formula is C22H25N. The van der Waals surface area contributed by atoms with Crippen LogP contribution in [0.25, 0.3) is 5.57 Å². The lowest BCUT2D eigenvalue weighted by Gasteiger charge is -2.36. The summed E-state index contributed by atoms with van der Waals surface area (Å²) in [6.45, 7) is 5.64. The van der Waals surface area contributed by atoms with Gasteiger partial charge in [0.15, 0.2) is 0 Å². The van der Waals surface area contributed by atoms with Gasteiger partial charge in [-0.2, -0.15) is 0 Å². The van der Waals surface area contributed by atoms with Crippen molar-refractivity contribution in [2.75, 3.05) is 20.6 Å². The molecule has 0 saturated heterocycles. The van der Waals surface area contributed by atoms with E-state index in [9.17, 15) is 0 Å². The maximum Gasteiger partial charge on any atom is 0.000964 e. The van der Waals surface area contributed by atoms with E-state index in [-0.39, 0.29) is 0 Å². The van der Waals surface area contributed by atoms with Gasteiger partial charge in [-0.15, -0.1) is 0 Å². The van der Waals surface area contributed by atoms with E-state index in [1.54, 1.807) is 11.1 Å². The molecule has 23 heavy (non-hydrogen) atoms. The Morgan fingerprint density at radius 2 is 1.74 bits per heavy atom. The highest BCUT2D eigenvalue weighted by Crippen LogP contribution is 2.46. The van der Waals surface area contributed by atoms with Crippen molar-refractivity contribution in [2.45, 2.75) is 25.2 Å². The van der Waals surface area contributed by atoms with Crippen LogP contribution in [0.4, 0.5) is 0 Å². The summed E-state index contributed by atoms with van der Waals surface area (Å²) < 4.78 is 0. The topological polar surface area (TPSA) is 3.24 Å². The minimum Gasteiger partial charge on any atom is -0.309 e. The molecule has 118 valence electrons. The molecule has 2 atom stereocenters. The Labute approximate surface area is 139 Å². The van der Waals surface area contributed by atoms with Gasteiger partial charge in [0, 0.05) is 6.54 Å². The Hall–Kier alpha value is -1.86. The molecule has 2 aliphatic rings. The normalized spacial score (nSPS) is 22.5. The van der Waals surface area contributed by atoms with Crippen LogP contribution in [0.15, 0.2) is 49.0 Å². The number of aryl methyl sites for hydroxylation is 1. The Morgan fingerprint density at radius 1 is 1.00 bits per heavy atom. The predicted octanol–water partition coefficient (Wildman–Crippen LogP) is 4.51. The fourth-order valence-corrected chi connectivity index (χ4v) is 4.64. The van der Waals surface area contributed by atoms with Crippen molar-refractivity contribution in [1.29, 1.82) is 0 Å². The molecule has 0 N–H and O–H groups in total.